The van der Waals surface area contributed by atoms with Crippen LogP contribution < -0.4 is 0 Å². The average molecular weight is 627 g/mol. The van der Waals surface area contributed by atoms with Crippen LogP contribution in [0.1, 0.15) is 28.7 Å². The molecule has 0 radical (unpaired) electrons. The predicted octanol–water partition coefficient (Wildman–Crippen LogP) is 6.26. The van der Waals surface area contributed by atoms with Gasteiger partial charge in [-0.25, -0.2) is 4.79 Å². The lowest BCUT2D eigenvalue weighted by atomic mass is 9.91. The summed E-state index contributed by atoms with van der Waals surface area (Å²) in [6.07, 6.45) is -2.74. The van der Waals surface area contributed by atoms with Gasteiger partial charge in [0, 0.05) is 13.5 Å². The maximum absolute atomic E-state index is 13.3. The van der Waals surface area contributed by atoms with E-state index in [0.717, 1.165) is 22.3 Å². The Morgan fingerprint density at radius 2 is 1.17 bits per heavy atom. The highest BCUT2D eigenvalue weighted by Gasteiger charge is 2.56. The Hall–Kier alpha value is -3.89. The first-order valence-corrected chi connectivity index (χ1v) is 15.5. The molecule has 1 saturated heterocycles. The summed E-state index contributed by atoms with van der Waals surface area (Å²) < 4.78 is 43.6. The van der Waals surface area contributed by atoms with Crippen molar-refractivity contribution in [3.63, 3.8) is 0 Å². The molecule has 0 N–H and O–H groups in total. The van der Waals surface area contributed by atoms with Crippen molar-refractivity contribution in [1.82, 2.24) is 0 Å². The third-order valence-corrected chi connectivity index (χ3v) is 7.97. The molecule has 4 aromatic carbocycles. The Labute approximate surface area is 271 Å². The molecule has 1 fully saturated rings. The minimum absolute atomic E-state index is 0.0508. The second-order valence-electron chi connectivity index (χ2n) is 11.2. The van der Waals surface area contributed by atoms with Crippen molar-refractivity contribution in [2.24, 2.45) is 0 Å². The molecule has 0 aromatic heterocycles. The highest BCUT2D eigenvalue weighted by molar-refractivity contribution is 5.78. The normalized spacial score (nSPS) is 21.8. The highest BCUT2D eigenvalue weighted by Crippen LogP contribution is 2.37. The van der Waals surface area contributed by atoms with E-state index in [4.69, 9.17) is 33.2 Å². The monoisotopic (exact) mass is 626 g/mol. The maximum atomic E-state index is 13.3. The van der Waals surface area contributed by atoms with E-state index in [0.29, 0.717) is 26.4 Å². The number of esters is 1. The van der Waals surface area contributed by atoms with Crippen molar-refractivity contribution in [3.05, 3.63) is 144 Å². The molecule has 8 heteroatoms. The lowest BCUT2D eigenvalue weighted by Gasteiger charge is -2.47. The lowest BCUT2D eigenvalue weighted by molar-refractivity contribution is -0.332. The van der Waals surface area contributed by atoms with Gasteiger partial charge in [0.1, 0.15) is 18.3 Å². The summed E-state index contributed by atoms with van der Waals surface area (Å²) in [4.78, 5) is 13.3. The van der Waals surface area contributed by atoms with E-state index in [1.807, 2.05) is 121 Å². The predicted molar refractivity (Wildman–Crippen MR) is 172 cm³/mol. The molecule has 242 valence electrons. The summed E-state index contributed by atoms with van der Waals surface area (Å²) in [6.45, 7) is 1.41. The lowest BCUT2D eigenvalue weighted by Crippen LogP contribution is -2.64. The van der Waals surface area contributed by atoms with Crippen LogP contribution >= 0.6 is 0 Å². The number of hydrogen-bond donors (Lipinski definition) is 0. The second-order valence-corrected chi connectivity index (χ2v) is 11.2. The zero-order valence-electron chi connectivity index (χ0n) is 26.4. The molecule has 0 aliphatic carbocycles. The van der Waals surface area contributed by atoms with E-state index in [9.17, 15) is 4.79 Å². The van der Waals surface area contributed by atoms with Gasteiger partial charge in [-0.05, 0) is 22.3 Å². The fraction of sp³-hybridized carbons (Fsp3) is 0.342. The molecule has 0 spiro atoms. The molecule has 0 amide bonds. The zero-order valence-corrected chi connectivity index (χ0v) is 26.4. The number of carbonyl (C=O) groups is 1. The summed E-state index contributed by atoms with van der Waals surface area (Å²) in [5, 5.41) is 0. The van der Waals surface area contributed by atoms with Gasteiger partial charge >= 0.3 is 5.97 Å². The van der Waals surface area contributed by atoms with E-state index < -0.39 is 36.2 Å². The Bertz CT molecular complexity index is 1440. The number of ether oxygens (including phenoxy) is 7. The molecule has 46 heavy (non-hydrogen) atoms. The van der Waals surface area contributed by atoms with Gasteiger partial charge in [-0.15, -0.1) is 0 Å². The third-order valence-electron chi connectivity index (χ3n) is 7.97. The fourth-order valence-corrected chi connectivity index (χ4v) is 5.50. The first-order valence-electron chi connectivity index (χ1n) is 15.5. The minimum Gasteiger partial charge on any atom is -0.465 e. The SMILES string of the molecule is COC(=O)C1(OC)C[C@@H](OCc2ccccc2)[C@@H](OCc2ccccc2)[C@@H]([C@@H](COCc2ccccc2)OCc2ccccc2)O1. The van der Waals surface area contributed by atoms with Crippen molar-refractivity contribution in [3.8, 4) is 0 Å². The van der Waals surface area contributed by atoms with Crippen molar-refractivity contribution in [2.45, 2.75) is 63.1 Å². The number of rotatable bonds is 16. The molecule has 5 atom stereocenters. The van der Waals surface area contributed by atoms with E-state index in [1.165, 1.54) is 14.2 Å². The van der Waals surface area contributed by atoms with Gasteiger partial charge in [-0.2, -0.15) is 0 Å². The Kier molecular flexibility index (Phi) is 12.5. The maximum Gasteiger partial charge on any atom is 0.366 e. The molecular weight excluding hydrogens is 584 g/mol. The molecule has 1 unspecified atom stereocenters. The summed E-state index contributed by atoms with van der Waals surface area (Å²) in [5.41, 5.74) is 3.98. The summed E-state index contributed by atoms with van der Waals surface area (Å²) in [7, 11) is 2.74. The first-order chi connectivity index (χ1) is 22.6. The van der Waals surface area contributed by atoms with Crippen LogP contribution in [0.4, 0.5) is 0 Å². The number of benzene rings is 4. The molecule has 8 nitrogen and oxygen atoms in total. The Morgan fingerprint density at radius 3 is 1.67 bits per heavy atom. The molecule has 1 heterocycles. The Balaban J connectivity index is 1.47. The topological polar surface area (TPSA) is 81.7 Å². The van der Waals surface area contributed by atoms with Gasteiger partial charge in [0.2, 0.25) is 0 Å². The first kappa shape index (κ1) is 33.5. The standard InChI is InChI=1S/C38H42O8/c1-40-37(39)38(41-2)23-33(43-25-30-17-9-4-10-18-30)35(45-27-32-21-13-6-14-22-32)36(46-38)34(44-26-31-19-11-5-12-20-31)28-42-24-29-15-7-3-8-16-29/h3-22,33-36H,23-28H2,1-2H3/t33-,34-,35-,36-,38?/m1/s1. The fourth-order valence-electron chi connectivity index (χ4n) is 5.50. The van der Waals surface area contributed by atoms with Crippen LogP contribution in [0.15, 0.2) is 121 Å². The van der Waals surface area contributed by atoms with Crippen LogP contribution in [0.25, 0.3) is 0 Å². The van der Waals surface area contributed by atoms with Crippen LogP contribution in [-0.2, 0) is 64.4 Å². The molecular formula is C38H42O8. The molecule has 0 saturated carbocycles. The average Bonchev–Trinajstić information content (AvgIpc) is 3.12. The Morgan fingerprint density at radius 1 is 0.696 bits per heavy atom. The molecule has 1 aliphatic heterocycles. The van der Waals surface area contributed by atoms with Crippen molar-refractivity contribution >= 4 is 5.97 Å². The molecule has 1 aliphatic rings. The number of methoxy groups -OCH3 is 2. The quantitative estimate of drug-likeness (QED) is 0.135. The van der Waals surface area contributed by atoms with Gasteiger partial charge in [0.05, 0.1) is 46.2 Å². The van der Waals surface area contributed by atoms with Gasteiger partial charge in [0.15, 0.2) is 0 Å². The van der Waals surface area contributed by atoms with Crippen LogP contribution in [0.5, 0.6) is 0 Å². The molecule has 4 aromatic rings. The summed E-state index contributed by atoms with van der Waals surface area (Å²) in [5.74, 6) is -2.41. The van der Waals surface area contributed by atoms with Gasteiger partial charge in [-0.3, -0.25) is 0 Å². The van der Waals surface area contributed by atoms with E-state index >= 15 is 0 Å². The van der Waals surface area contributed by atoms with Crippen molar-refractivity contribution in [1.29, 1.82) is 0 Å². The zero-order chi connectivity index (χ0) is 32.0. The van der Waals surface area contributed by atoms with Crippen molar-refractivity contribution < 1.29 is 38.0 Å². The van der Waals surface area contributed by atoms with Crippen LogP contribution in [0.2, 0.25) is 0 Å². The van der Waals surface area contributed by atoms with Crippen LogP contribution in [-0.4, -0.2) is 57.0 Å². The highest BCUT2D eigenvalue weighted by atomic mass is 16.7. The largest absolute Gasteiger partial charge is 0.465 e. The summed E-state index contributed by atoms with van der Waals surface area (Å²) in [6, 6.07) is 39.5. The second kappa shape index (κ2) is 17.1. The van der Waals surface area contributed by atoms with Crippen LogP contribution in [0.3, 0.4) is 0 Å². The van der Waals surface area contributed by atoms with E-state index in [2.05, 4.69) is 0 Å². The van der Waals surface area contributed by atoms with Gasteiger partial charge in [-0.1, -0.05) is 121 Å². The van der Waals surface area contributed by atoms with E-state index in [-0.39, 0.29) is 13.0 Å². The number of hydrogen-bond acceptors (Lipinski definition) is 8. The van der Waals surface area contributed by atoms with E-state index in [1.54, 1.807) is 0 Å². The summed E-state index contributed by atoms with van der Waals surface area (Å²) >= 11 is 0. The van der Waals surface area contributed by atoms with Crippen LogP contribution in [0, 0.1) is 0 Å². The van der Waals surface area contributed by atoms with Crippen molar-refractivity contribution in [2.75, 3.05) is 20.8 Å². The molecule has 5 rings (SSSR count). The van der Waals surface area contributed by atoms with Gasteiger partial charge < -0.3 is 33.2 Å². The minimum atomic E-state index is -1.75. The molecule has 0 bridgehead atoms. The third kappa shape index (κ3) is 9.10. The smallest absolute Gasteiger partial charge is 0.366 e. The number of carbonyl (C=O) groups excluding carboxylic acids is 1. The van der Waals surface area contributed by atoms with Gasteiger partial charge in [0.25, 0.3) is 5.79 Å².